The summed E-state index contributed by atoms with van der Waals surface area (Å²) in [5.74, 6) is -0.0646. The zero-order chi connectivity index (χ0) is 22.7. The van der Waals surface area contributed by atoms with Crippen LogP contribution in [0.25, 0.3) is 5.69 Å². The average Bonchev–Trinajstić information content (AvgIpc) is 3.27. The molecule has 1 atom stereocenters. The Morgan fingerprint density at radius 3 is 2.31 bits per heavy atom. The maximum atomic E-state index is 13.0. The number of piperazine rings is 1. The van der Waals surface area contributed by atoms with Gasteiger partial charge in [-0.05, 0) is 48.5 Å². The quantitative estimate of drug-likeness (QED) is 0.506. The van der Waals surface area contributed by atoms with E-state index in [1.807, 2.05) is 38.1 Å². The van der Waals surface area contributed by atoms with Crippen LogP contribution in [-0.2, 0) is 14.8 Å². The third-order valence-corrected chi connectivity index (χ3v) is 8.21. The predicted octanol–water partition coefficient (Wildman–Crippen LogP) is 1.98. The number of amides is 1. The van der Waals surface area contributed by atoms with E-state index in [2.05, 4.69) is 15.5 Å². The number of sulfonamides is 1. The topological polar surface area (TPSA) is 101 Å². The van der Waals surface area contributed by atoms with Gasteiger partial charge in [-0.3, -0.25) is 4.79 Å². The summed E-state index contributed by atoms with van der Waals surface area (Å²) in [5.41, 5.74) is 1.95. The molecule has 0 aliphatic carbocycles. The Bertz CT molecular complexity index is 1170. The van der Waals surface area contributed by atoms with Crippen molar-refractivity contribution in [3.8, 4) is 5.69 Å². The Labute approximate surface area is 191 Å². The lowest BCUT2D eigenvalue weighted by Gasteiger charge is -2.35. The van der Waals surface area contributed by atoms with Crippen LogP contribution >= 0.6 is 11.8 Å². The molecule has 2 aromatic carbocycles. The molecule has 0 spiro atoms. The number of aryl methyl sites for hydroxylation is 1. The molecule has 0 radical (unpaired) electrons. The number of tetrazole rings is 1. The molecule has 3 aromatic rings. The molecule has 0 saturated carbocycles. The van der Waals surface area contributed by atoms with E-state index in [9.17, 15) is 13.2 Å². The van der Waals surface area contributed by atoms with Crippen LogP contribution < -0.4 is 0 Å². The van der Waals surface area contributed by atoms with Crippen molar-refractivity contribution in [1.29, 1.82) is 0 Å². The van der Waals surface area contributed by atoms with Crippen LogP contribution in [0.5, 0.6) is 0 Å². The lowest BCUT2D eigenvalue weighted by molar-refractivity contribution is -0.131. The van der Waals surface area contributed by atoms with E-state index >= 15 is 0 Å². The summed E-state index contributed by atoms with van der Waals surface area (Å²) < 4.78 is 28.6. The molecule has 1 aliphatic rings. The first-order valence-electron chi connectivity index (χ1n) is 10.2. The summed E-state index contributed by atoms with van der Waals surface area (Å²) in [6, 6.07) is 16.2. The number of rotatable bonds is 6. The number of hydrogen-bond donors (Lipinski definition) is 0. The van der Waals surface area contributed by atoms with Gasteiger partial charge in [0, 0.05) is 26.2 Å². The fraction of sp³-hybridized carbons (Fsp3) is 0.333. The zero-order valence-electron chi connectivity index (χ0n) is 17.8. The maximum absolute atomic E-state index is 13.0. The molecule has 4 rings (SSSR count). The highest BCUT2D eigenvalue weighted by atomic mass is 32.2. The van der Waals surface area contributed by atoms with E-state index in [-0.39, 0.29) is 23.9 Å². The monoisotopic (exact) mass is 472 g/mol. The van der Waals surface area contributed by atoms with Crippen molar-refractivity contribution in [2.45, 2.75) is 29.1 Å². The molecule has 1 unspecified atom stereocenters. The van der Waals surface area contributed by atoms with E-state index in [1.165, 1.54) is 16.1 Å². The van der Waals surface area contributed by atoms with Crippen molar-refractivity contribution in [2.24, 2.45) is 0 Å². The van der Waals surface area contributed by atoms with Crippen molar-refractivity contribution in [3.63, 3.8) is 0 Å². The van der Waals surface area contributed by atoms with Crippen molar-refractivity contribution >= 4 is 27.7 Å². The highest BCUT2D eigenvalue weighted by Crippen LogP contribution is 2.25. The maximum Gasteiger partial charge on any atom is 0.243 e. The Hall–Kier alpha value is -2.76. The number of carbonyl (C=O) groups excluding carboxylic acids is 1. The van der Waals surface area contributed by atoms with Crippen LogP contribution in [0.1, 0.15) is 12.5 Å². The number of thioether (sulfide) groups is 1. The molecule has 1 aliphatic heterocycles. The summed E-state index contributed by atoms with van der Waals surface area (Å²) >= 11 is 1.28. The first kappa shape index (κ1) is 22.4. The minimum absolute atomic E-state index is 0.0646. The molecule has 168 valence electrons. The number of aromatic nitrogens is 4. The summed E-state index contributed by atoms with van der Waals surface area (Å²) in [4.78, 5) is 15.0. The molecule has 2 heterocycles. The lowest BCUT2D eigenvalue weighted by atomic mass is 10.2. The molecule has 1 saturated heterocycles. The molecule has 0 N–H and O–H groups in total. The second kappa shape index (κ2) is 9.39. The Kier molecular flexibility index (Phi) is 6.58. The van der Waals surface area contributed by atoms with Gasteiger partial charge in [0.2, 0.25) is 21.1 Å². The number of benzene rings is 2. The van der Waals surface area contributed by atoms with Crippen molar-refractivity contribution < 1.29 is 13.2 Å². The van der Waals surface area contributed by atoms with Gasteiger partial charge in [0.15, 0.2) is 0 Å². The molecule has 1 aromatic heterocycles. The van der Waals surface area contributed by atoms with Crippen LogP contribution in [0.4, 0.5) is 0 Å². The predicted molar refractivity (Wildman–Crippen MR) is 121 cm³/mol. The standard InChI is InChI=1S/C21H24N6O3S2/c1-16-8-10-18(11-9-16)27-21(22-23-24-27)31-17(2)20(28)25-12-14-26(15-13-25)32(29,30)19-6-4-3-5-7-19/h3-11,17H,12-15H2,1-2H3. The Morgan fingerprint density at radius 1 is 1.00 bits per heavy atom. The summed E-state index contributed by atoms with van der Waals surface area (Å²) in [6.07, 6.45) is 0. The van der Waals surface area contributed by atoms with Gasteiger partial charge < -0.3 is 4.90 Å². The second-order valence-corrected chi connectivity index (χ2v) is 10.8. The van der Waals surface area contributed by atoms with Gasteiger partial charge in [-0.15, -0.1) is 5.10 Å². The highest BCUT2D eigenvalue weighted by Gasteiger charge is 2.32. The zero-order valence-corrected chi connectivity index (χ0v) is 19.5. The second-order valence-electron chi connectivity index (χ2n) is 7.51. The largest absolute Gasteiger partial charge is 0.339 e. The Morgan fingerprint density at radius 2 is 1.66 bits per heavy atom. The molecule has 11 heteroatoms. The van der Waals surface area contributed by atoms with Gasteiger partial charge in [0.25, 0.3) is 0 Å². The van der Waals surface area contributed by atoms with Gasteiger partial charge in [0.05, 0.1) is 15.8 Å². The van der Waals surface area contributed by atoms with Crippen LogP contribution in [0, 0.1) is 6.92 Å². The van der Waals surface area contributed by atoms with E-state index in [4.69, 9.17) is 0 Å². The fourth-order valence-corrected chi connectivity index (χ4v) is 5.79. The smallest absolute Gasteiger partial charge is 0.243 e. The molecule has 0 bridgehead atoms. The molecule has 1 amide bonds. The van der Waals surface area contributed by atoms with Crippen molar-refractivity contribution in [3.05, 3.63) is 60.2 Å². The Balaban J connectivity index is 1.38. The summed E-state index contributed by atoms with van der Waals surface area (Å²) in [7, 11) is -3.55. The SMILES string of the molecule is Cc1ccc(-n2nnnc2SC(C)C(=O)N2CCN(S(=O)(=O)c3ccccc3)CC2)cc1. The minimum Gasteiger partial charge on any atom is -0.339 e. The molecular weight excluding hydrogens is 448 g/mol. The van der Waals surface area contributed by atoms with E-state index in [0.717, 1.165) is 11.3 Å². The van der Waals surface area contributed by atoms with Crippen LogP contribution in [0.3, 0.4) is 0 Å². The third-order valence-electron chi connectivity index (χ3n) is 5.28. The molecule has 32 heavy (non-hydrogen) atoms. The molecule has 1 fully saturated rings. The summed E-state index contributed by atoms with van der Waals surface area (Å²) in [5, 5.41) is 12.0. The first-order valence-corrected chi connectivity index (χ1v) is 12.5. The minimum atomic E-state index is -3.55. The van der Waals surface area contributed by atoms with E-state index in [0.29, 0.717) is 18.2 Å². The number of hydrogen-bond acceptors (Lipinski definition) is 7. The van der Waals surface area contributed by atoms with Crippen LogP contribution in [0.2, 0.25) is 0 Å². The van der Waals surface area contributed by atoms with Gasteiger partial charge in [-0.25, -0.2) is 8.42 Å². The molecular formula is C21H24N6O3S2. The van der Waals surface area contributed by atoms with Gasteiger partial charge in [-0.2, -0.15) is 8.99 Å². The average molecular weight is 473 g/mol. The van der Waals surface area contributed by atoms with Crippen molar-refractivity contribution in [2.75, 3.05) is 26.2 Å². The first-order chi connectivity index (χ1) is 15.4. The van der Waals surface area contributed by atoms with Gasteiger partial charge in [0.1, 0.15) is 0 Å². The normalized spacial score (nSPS) is 16.1. The van der Waals surface area contributed by atoms with E-state index in [1.54, 1.807) is 39.9 Å². The number of nitrogens with zero attached hydrogens (tertiary/aromatic N) is 6. The third kappa shape index (κ3) is 4.69. The van der Waals surface area contributed by atoms with Crippen LogP contribution in [0.15, 0.2) is 64.6 Å². The summed E-state index contributed by atoms with van der Waals surface area (Å²) in [6.45, 7) is 5.04. The van der Waals surface area contributed by atoms with Gasteiger partial charge in [-0.1, -0.05) is 47.7 Å². The number of carbonyl (C=O) groups is 1. The van der Waals surface area contributed by atoms with E-state index < -0.39 is 15.3 Å². The lowest BCUT2D eigenvalue weighted by Crippen LogP contribution is -2.52. The van der Waals surface area contributed by atoms with Crippen LogP contribution in [-0.4, -0.2) is 75.2 Å². The van der Waals surface area contributed by atoms with Crippen molar-refractivity contribution in [1.82, 2.24) is 29.4 Å². The van der Waals surface area contributed by atoms with Gasteiger partial charge >= 0.3 is 0 Å². The fourth-order valence-electron chi connectivity index (χ4n) is 3.46. The molecule has 9 nitrogen and oxygen atoms in total. The highest BCUT2D eigenvalue weighted by molar-refractivity contribution is 8.00.